The first kappa shape index (κ1) is 24.6. The minimum atomic E-state index is -0.630. The molecule has 2 aliphatic rings. The summed E-state index contributed by atoms with van der Waals surface area (Å²) in [5, 5.41) is 8.85. The van der Waals surface area contributed by atoms with Crippen molar-refractivity contribution >= 4 is 50.6 Å². The van der Waals surface area contributed by atoms with Crippen LogP contribution in [0.25, 0.3) is 10.8 Å². The first-order valence-electron chi connectivity index (χ1n) is 12.5. The lowest BCUT2D eigenvalue weighted by Gasteiger charge is -2.37. The van der Waals surface area contributed by atoms with Gasteiger partial charge in [0.15, 0.2) is 0 Å². The van der Waals surface area contributed by atoms with Gasteiger partial charge in [-0.1, -0.05) is 12.1 Å². The van der Waals surface area contributed by atoms with E-state index >= 15 is 0 Å². The maximum atomic E-state index is 14.6. The van der Waals surface area contributed by atoms with Crippen LogP contribution in [0.4, 0.5) is 0 Å². The number of nitrogens with zero attached hydrogens (tertiary/aromatic N) is 4. The molecule has 0 saturated heterocycles. The van der Waals surface area contributed by atoms with Gasteiger partial charge in [-0.2, -0.15) is 5.10 Å². The Balaban J connectivity index is 1.44. The molecule has 1 amide bonds. The summed E-state index contributed by atoms with van der Waals surface area (Å²) in [4.78, 5) is 38.5. The first-order valence-corrected chi connectivity index (χ1v) is 14.4. The molecule has 0 radical (unpaired) electrons. The molecule has 3 aromatic heterocycles. The molecule has 37 heavy (non-hydrogen) atoms. The molecule has 8 nitrogen and oxygen atoms in total. The Kier molecular flexibility index (Phi) is 6.36. The number of benzene rings is 1. The van der Waals surface area contributed by atoms with Gasteiger partial charge in [0, 0.05) is 18.1 Å². The molecule has 0 bridgehead atoms. The van der Waals surface area contributed by atoms with Gasteiger partial charge in [0.05, 0.1) is 43.4 Å². The number of pyridine rings is 1. The van der Waals surface area contributed by atoms with Gasteiger partial charge in [-0.15, -0.1) is 11.3 Å². The lowest BCUT2D eigenvalue weighted by molar-refractivity contribution is -0.137. The molecule has 1 atom stereocenters. The first-order chi connectivity index (χ1) is 17.9. The molecule has 1 aromatic carbocycles. The number of H-pyrrole nitrogens is 1. The Bertz CT molecular complexity index is 1560. The molecule has 190 valence electrons. The zero-order valence-corrected chi connectivity index (χ0v) is 23.4. The van der Waals surface area contributed by atoms with Crippen LogP contribution in [0.2, 0.25) is 0 Å². The van der Waals surface area contributed by atoms with Crippen molar-refractivity contribution in [3.05, 3.63) is 83.0 Å². The number of aromatic nitrogens is 4. The molecule has 3 heterocycles. The van der Waals surface area contributed by atoms with Crippen LogP contribution in [-0.2, 0) is 29.7 Å². The number of hydrogen-bond donors (Lipinski definition) is 2. The third-order valence-corrected chi connectivity index (χ3v) is 10.0. The third-order valence-electron chi connectivity index (χ3n) is 7.67. The van der Waals surface area contributed by atoms with Crippen molar-refractivity contribution in [3.63, 3.8) is 0 Å². The Morgan fingerprint density at radius 1 is 1.30 bits per heavy atom. The second-order valence-electron chi connectivity index (χ2n) is 9.90. The number of aryl methyl sites for hydroxylation is 2. The fourth-order valence-electron chi connectivity index (χ4n) is 5.56. The summed E-state index contributed by atoms with van der Waals surface area (Å²) in [5.74, 6) is 0.102. The molecular weight excluding hydrogens is 599 g/mol. The van der Waals surface area contributed by atoms with Crippen molar-refractivity contribution in [2.45, 2.75) is 63.6 Å². The number of nitrogens with two attached hydrogens (primary N) is 1. The van der Waals surface area contributed by atoms with Gasteiger partial charge in [-0.25, -0.2) is 10.1 Å². The summed E-state index contributed by atoms with van der Waals surface area (Å²) in [6.07, 6.45) is 6.22. The van der Waals surface area contributed by atoms with E-state index in [-0.39, 0.29) is 24.1 Å². The van der Waals surface area contributed by atoms with E-state index in [2.05, 4.69) is 38.9 Å². The molecule has 6 rings (SSSR count). The van der Waals surface area contributed by atoms with Crippen molar-refractivity contribution in [1.82, 2.24) is 25.1 Å². The largest absolute Gasteiger partial charge is 0.327 e. The quantitative estimate of drug-likeness (QED) is 0.309. The highest BCUT2D eigenvalue weighted by Gasteiger charge is 2.54. The lowest BCUT2D eigenvalue weighted by Crippen LogP contribution is -2.42. The average molecular weight is 627 g/mol. The average Bonchev–Trinajstić information content (AvgIpc) is 3.67. The number of halogens is 1. The molecule has 4 aromatic rings. The number of aromatic amines is 1. The second kappa shape index (κ2) is 9.55. The Morgan fingerprint density at radius 2 is 2.14 bits per heavy atom. The maximum Gasteiger partial charge on any atom is 0.272 e. The predicted molar refractivity (Wildman–Crippen MR) is 151 cm³/mol. The molecule has 3 N–H and O–H groups in total. The Labute approximate surface area is 231 Å². The highest BCUT2D eigenvalue weighted by molar-refractivity contribution is 14.1. The minimum absolute atomic E-state index is 0.0960. The molecule has 1 unspecified atom stereocenters. The van der Waals surface area contributed by atoms with Gasteiger partial charge in [0.25, 0.3) is 5.56 Å². The van der Waals surface area contributed by atoms with Crippen LogP contribution in [0, 0.1) is 9.81 Å². The highest BCUT2D eigenvalue weighted by atomic mass is 127. The zero-order chi connectivity index (χ0) is 25.7. The molecular formula is C27H27IN6O2S. The van der Waals surface area contributed by atoms with Crippen molar-refractivity contribution in [2.24, 2.45) is 5.73 Å². The number of thiazole rings is 1. The standard InChI is InChI=1S/C27H27IN6O2S/c1-15-24(28)37-22(31-15)14-34(21-6-2-4-16-5-3-11-30-23(16)21)26(36)27(9-10-27)17-7-8-18-19(12-17)20(13-29)32-33-25(18)35/h3,5,7-8,11-12,21H,2,4,6,9-10,13-14,29H2,1H3,(H,33,35). The van der Waals surface area contributed by atoms with Gasteiger partial charge in [-0.3, -0.25) is 14.6 Å². The highest BCUT2D eigenvalue weighted by Crippen LogP contribution is 2.52. The fraction of sp³-hybridized carbons (Fsp3) is 0.370. The normalized spacial score (nSPS) is 18.0. The van der Waals surface area contributed by atoms with E-state index < -0.39 is 5.41 Å². The van der Waals surface area contributed by atoms with Gasteiger partial charge in [0.2, 0.25) is 5.91 Å². The van der Waals surface area contributed by atoms with Crippen molar-refractivity contribution < 1.29 is 4.79 Å². The number of amides is 1. The van der Waals surface area contributed by atoms with Crippen LogP contribution < -0.4 is 11.3 Å². The molecule has 1 saturated carbocycles. The van der Waals surface area contributed by atoms with Gasteiger partial charge in [-0.05, 0) is 90.9 Å². The number of fused-ring (bicyclic) bond motifs is 2. The topological polar surface area (TPSA) is 118 Å². The van der Waals surface area contributed by atoms with Crippen molar-refractivity contribution in [1.29, 1.82) is 0 Å². The third kappa shape index (κ3) is 4.28. The maximum absolute atomic E-state index is 14.6. The summed E-state index contributed by atoms with van der Waals surface area (Å²) < 4.78 is 1.14. The number of nitrogens with one attached hydrogen (secondary N) is 1. The van der Waals surface area contributed by atoms with Crippen LogP contribution in [0.5, 0.6) is 0 Å². The number of hydrogen-bond acceptors (Lipinski definition) is 7. The van der Waals surface area contributed by atoms with E-state index in [0.29, 0.717) is 23.0 Å². The lowest BCUT2D eigenvalue weighted by atomic mass is 9.87. The molecule has 0 spiro atoms. The minimum Gasteiger partial charge on any atom is -0.327 e. The van der Waals surface area contributed by atoms with Crippen LogP contribution >= 0.6 is 33.9 Å². The molecule has 0 aliphatic heterocycles. The summed E-state index contributed by atoms with van der Waals surface area (Å²) in [6.45, 7) is 2.67. The smallest absolute Gasteiger partial charge is 0.272 e. The van der Waals surface area contributed by atoms with E-state index in [1.54, 1.807) is 17.4 Å². The van der Waals surface area contributed by atoms with Crippen LogP contribution in [0.1, 0.15) is 64.9 Å². The van der Waals surface area contributed by atoms with E-state index in [1.165, 1.54) is 5.56 Å². The monoisotopic (exact) mass is 626 g/mol. The zero-order valence-electron chi connectivity index (χ0n) is 20.5. The predicted octanol–water partition coefficient (Wildman–Crippen LogP) is 4.28. The summed E-state index contributed by atoms with van der Waals surface area (Å²) in [6, 6.07) is 9.68. The number of carbonyl (C=O) groups excluding carboxylic acids is 1. The van der Waals surface area contributed by atoms with E-state index in [0.717, 1.165) is 56.9 Å². The fourth-order valence-corrected chi connectivity index (χ4v) is 7.22. The molecule has 10 heteroatoms. The van der Waals surface area contributed by atoms with E-state index in [9.17, 15) is 9.59 Å². The number of rotatable bonds is 6. The van der Waals surface area contributed by atoms with Gasteiger partial charge in [0.1, 0.15) is 5.01 Å². The van der Waals surface area contributed by atoms with Crippen LogP contribution in [0.15, 0.2) is 41.3 Å². The Morgan fingerprint density at radius 3 is 2.86 bits per heavy atom. The van der Waals surface area contributed by atoms with Crippen LogP contribution in [-0.4, -0.2) is 31.0 Å². The Hall–Kier alpha value is -2.70. The van der Waals surface area contributed by atoms with E-state index in [4.69, 9.17) is 15.7 Å². The SMILES string of the molecule is Cc1nc(CN(C(=O)C2(c3ccc4c(=O)[nH]nc(CN)c4c3)CC2)C2CCCc3cccnc32)sc1I. The van der Waals surface area contributed by atoms with Crippen LogP contribution in [0.3, 0.4) is 0 Å². The summed E-state index contributed by atoms with van der Waals surface area (Å²) >= 11 is 3.96. The van der Waals surface area contributed by atoms with Gasteiger partial charge >= 0.3 is 0 Å². The summed E-state index contributed by atoms with van der Waals surface area (Å²) in [7, 11) is 0. The number of carbonyl (C=O) groups is 1. The molecule has 1 fully saturated rings. The van der Waals surface area contributed by atoms with Gasteiger partial charge < -0.3 is 10.6 Å². The molecule has 2 aliphatic carbocycles. The van der Waals surface area contributed by atoms with E-state index in [1.807, 2.05) is 36.2 Å². The summed E-state index contributed by atoms with van der Waals surface area (Å²) in [5.41, 5.74) is 9.79. The van der Waals surface area contributed by atoms with Crippen molar-refractivity contribution in [2.75, 3.05) is 0 Å². The second-order valence-corrected chi connectivity index (χ2v) is 12.8. The van der Waals surface area contributed by atoms with Crippen molar-refractivity contribution in [3.8, 4) is 0 Å².